The average molecular weight is 276 g/mol. The van der Waals surface area contributed by atoms with E-state index in [0.29, 0.717) is 28.0 Å². The zero-order valence-electron chi connectivity index (χ0n) is 9.95. The molecule has 0 amide bonds. The van der Waals surface area contributed by atoms with E-state index in [4.69, 9.17) is 22.1 Å². The van der Waals surface area contributed by atoms with Gasteiger partial charge in [0.05, 0.1) is 33.1 Å². The second-order valence-corrected chi connectivity index (χ2v) is 5.65. The predicted molar refractivity (Wildman–Crippen MR) is 72.9 cm³/mol. The summed E-state index contributed by atoms with van der Waals surface area (Å²) in [4.78, 5) is 0.625. The van der Waals surface area contributed by atoms with Crippen LogP contribution in [-0.4, -0.2) is 23.2 Å². The van der Waals surface area contributed by atoms with Crippen LogP contribution in [0.1, 0.15) is 19.8 Å². The van der Waals surface area contributed by atoms with Crippen molar-refractivity contribution in [3.05, 3.63) is 23.2 Å². The highest BCUT2D eigenvalue weighted by molar-refractivity contribution is 7.85. The number of rotatable bonds is 7. The van der Waals surface area contributed by atoms with E-state index in [1.807, 2.05) is 0 Å². The minimum Gasteiger partial charge on any atom is -0.399 e. The molecule has 5 heteroatoms. The minimum atomic E-state index is -1.12. The van der Waals surface area contributed by atoms with Crippen molar-refractivity contribution in [2.75, 3.05) is 24.7 Å². The average Bonchev–Trinajstić information content (AvgIpc) is 2.28. The molecule has 17 heavy (non-hydrogen) atoms. The standard InChI is InChI=1S/C12H18ClNO2S/c1-2-3-6-16-7-8-17(15)12-5-4-10(14)9-11(12)13/h4-5,9H,2-3,6-8,14H2,1H3. The van der Waals surface area contributed by atoms with Crippen LogP contribution in [0.4, 0.5) is 5.69 Å². The fourth-order valence-electron chi connectivity index (χ4n) is 1.29. The molecule has 2 N–H and O–H groups in total. The minimum absolute atomic E-state index is 0.455. The summed E-state index contributed by atoms with van der Waals surface area (Å²) in [5.74, 6) is 0.466. The number of unbranched alkanes of at least 4 members (excludes halogenated alkanes) is 1. The van der Waals surface area contributed by atoms with E-state index >= 15 is 0 Å². The van der Waals surface area contributed by atoms with Crippen molar-refractivity contribution in [3.63, 3.8) is 0 Å². The first-order valence-corrected chi connectivity index (χ1v) is 7.36. The lowest BCUT2D eigenvalue weighted by Crippen LogP contribution is -2.07. The van der Waals surface area contributed by atoms with Crippen molar-refractivity contribution in [2.45, 2.75) is 24.7 Å². The number of nitrogens with two attached hydrogens (primary N) is 1. The third-order valence-corrected chi connectivity index (χ3v) is 4.07. The molecule has 0 fully saturated rings. The quantitative estimate of drug-likeness (QED) is 0.615. The highest BCUT2D eigenvalue weighted by Crippen LogP contribution is 2.22. The van der Waals surface area contributed by atoms with Gasteiger partial charge in [-0.05, 0) is 24.6 Å². The molecule has 96 valence electrons. The zero-order valence-corrected chi connectivity index (χ0v) is 11.5. The number of nitrogen functional groups attached to an aromatic ring is 1. The smallest absolute Gasteiger partial charge is 0.0587 e. The van der Waals surface area contributed by atoms with Gasteiger partial charge in [0, 0.05) is 12.3 Å². The second-order valence-electron chi connectivity index (χ2n) is 3.71. The number of hydrogen-bond donors (Lipinski definition) is 1. The van der Waals surface area contributed by atoms with Crippen molar-refractivity contribution in [1.29, 1.82) is 0 Å². The van der Waals surface area contributed by atoms with Crippen molar-refractivity contribution < 1.29 is 8.95 Å². The topological polar surface area (TPSA) is 52.3 Å². The molecule has 0 aliphatic rings. The Labute approximate surface area is 110 Å². The molecule has 0 radical (unpaired) electrons. The van der Waals surface area contributed by atoms with Crippen LogP contribution in [-0.2, 0) is 15.5 Å². The van der Waals surface area contributed by atoms with Gasteiger partial charge >= 0.3 is 0 Å². The van der Waals surface area contributed by atoms with Crippen LogP contribution in [0.3, 0.4) is 0 Å². The number of benzene rings is 1. The summed E-state index contributed by atoms with van der Waals surface area (Å²) >= 11 is 5.97. The fraction of sp³-hybridized carbons (Fsp3) is 0.500. The Hall–Kier alpha value is -0.580. The normalized spacial score (nSPS) is 12.6. The molecule has 0 aromatic heterocycles. The maximum Gasteiger partial charge on any atom is 0.0587 e. The molecular formula is C12H18ClNO2S. The van der Waals surface area contributed by atoms with Crippen LogP contribution in [0.15, 0.2) is 23.1 Å². The Balaban J connectivity index is 2.42. The molecule has 0 bridgehead atoms. The summed E-state index contributed by atoms with van der Waals surface area (Å²) in [6.45, 7) is 3.33. The second kappa shape index (κ2) is 7.69. The first-order chi connectivity index (χ1) is 8.15. The van der Waals surface area contributed by atoms with E-state index in [9.17, 15) is 4.21 Å². The van der Waals surface area contributed by atoms with Gasteiger partial charge in [0.1, 0.15) is 0 Å². The van der Waals surface area contributed by atoms with Gasteiger partial charge in [0.25, 0.3) is 0 Å². The van der Waals surface area contributed by atoms with Gasteiger partial charge in [-0.3, -0.25) is 4.21 Å². The van der Waals surface area contributed by atoms with Gasteiger partial charge in [-0.15, -0.1) is 0 Å². The molecule has 0 heterocycles. The van der Waals surface area contributed by atoms with Gasteiger partial charge in [-0.2, -0.15) is 0 Å². The third-order valence-electron chi connectivity index (χ3n) is 2.26. The van der Waals surface area contributed by atoms with Crippen molar-refractivity contribution in [2.24, 2.45) is 0 Å². The van der Waals surface area contributed by atoms with E-state index in [1.54, 1.807) is 18.2 Å². The number of anilines is 1. The molecule has 0 aliphatic heterocycles. The van der Waals surface area contributed by atoms with Gasteiger partial charge in [-0.25, -0.2) is 0 Å². The molecule has 0 spiro atoms. The SMILES string of the molecule is CCCCOCCS(=O)c1ccc(N)cc1Cl. The lowest BCUT2D eigenvalue weighted by atomic mass is 10.3. The summed E-state index contributed by atoms with van der Waals surface area (Å²) in [7, 11) is -1.12. The Morgan fingerprint density at radius 3 is 2.82 bits per heavy atom. The van der Waals surface area contributed by atoms with Gasteiger partial charge < -0.3 is 10.5 Å². The lowest BCUT2D eigenvalue weighted by molar-refractivity contribution is 0.146. The van der Waals surface area contributed by atoms with Crippen molar-refractivity contribution in [3.8, 4) is 0 Å². The van der Waals surface area contributed by atoms with Gasteiger partial charge in [0.15, 0.2) is 0 Å². The monoisotopic (exact) mass is 275 g/mol. The number of halogens is 1. The molecule has 1 aromatic carbocycles. The first kappa shape index (κ1) is 14.5. The van der Waals surface area contributed by atoms with E-state index in [1.165, 1.54) is 0 Å². The maximum atomic E-state index is 11.9. The Kier molecular flexibility index (Phi) is 6.55. The first-order valence-electron chi connectivity index (χ1n) is 5.66. The Morgan fingerprint density at radius 1 is 1.41 bits per heavy atom. The highest BCUT2D eigenvalue weighted by atomic mass is 35.5. The Morgan fingerprint density at radius 2 is 2.18 bits per heavy atom. The number of hydrogen-bond acceptors (Lipinski definition) is 3. The number of ether oxygens (including phenoxy) is 1. The summed E-state index contributed by atoms with van der Waals surface area (Å²) in [6.07, 6.45) is 2.14. The molecular weight excluding hydrogens is 258 g/mol. The molecule has 0 aliphatic carbocycles. The highest BCUT2D eigenvalue weighted by Gasteiger charge is 2.08. The van der Waals surface area contributed by atoms with E-state index < -0.39 is 10.8 Å². The van der Waals surface area contributed by atoms with Crippen LogP contribution in [0.5, 0.6) is 0 Å². The van der Waals surface area contributed by atoms with E-state index in [-0.39, 0.29) is 0 Å². The van der Waals surface area contributed by atoms with E-state index in [2.05, 4.69) is 6.92 Å². The van der Waals surface area contributed by atoms with Crippen LogP contribution in [0.25, 0.3) is 0 Å². The zero-order chi connectivity index (χ0) is 12.7. The molecule has 1 aromatic rings. The van der Waals surface area contributed by atoms with E-state index in [0.717, 1.165) is 19.4 Å². The molecule has 0 saturated carbocycles. The van der Waals surface area contributed by atoms with Crippen LogP contribution >= 0.6 is 11.6 Å². The maximum absolute atomic E-state index is 11.9. The van der Waals surface area contributed by atoms with Gasteiger partial charge in [-0.1, -0.05) is 24.9 Å². The van der Waals surface area contributed by atoms with Crippen LogP contribution in [0.2, 0.25) is 5.02 Å². The molecule has 1 atom stereocenters. The summed E-state index contributed by atoms with van der Waals surface area (Å²) < 4.78 is 17.3. The molecule has 3 nitrogen and oxygen atoms in total. The third kappa shape index (κ3) is 5.06. The largest absolute Gasteiger partial charge is 0.399 e. The molecule has 0 saturated heterocycles. The summed E-state index contributed by atoms with van der Waals surface area (Å²) in [6, 6.07) is 5.03. The van der Waals surface area contributed by atoms with Crippen molar-refractivity contribution in [1.82, 2.24) is 0 Å². The summed E-state index contributed by atoms with van der Waals surface area (Å²) in [5.41, 5.74) is 6.15. The van der Waals surface area contributed by atoms with Crippen LogP contribution < -0.4 is 5.73 Å². The summed E-state index contributed by atoms with van der Waals surface area (Å²) in [5, 5.41) is 0.455. The van der Waals surface area contributed by atoms with Gasteiger partial charge in [0.2, 0.25) is 0 Å². The predicted octanol–water partition coefficient (Wildman–Crippen LogP) is 2.85. The lowest BCUT2D eigenvalue weighted by Gasteiger charge is -2.06. The molecule has 1 rings (SSSR count). The Bertz CT molecular complexity index is 385. The molecule has 1 unspecified atom stereocenters. The fourth-order valence-corrected chi connectivity index (χ4v) is 2.73. The van der Waals surface area contributed by atoms with Crippen molar-refractivity contribution >= 4 is 28.1 Å². The van der Waals surface area contributed by atoms with Crippen LogP contribution in [0, 0.1) is 0 Å².